The number of rotatable bonds is 9. The van der Waals surface area contributed by atoms with Gasteiger partial charge in [-0.05, 0) is 41.7 Å². The first-order valence-corrected chi connectivity index (χ1v) is 9.98. The average Bonchev–Trinajstić information content (AvgIpc) is 3.14. The summed E-state index contributed by atoms with van der Waals surface area (Å²) in [6, 6.07) is 15.7. The molecule has 2 aromatic rings. The van der Waals surface area contributed by atoms with Crippen molar-refractivity contribution in [3.63, 3.8) is 0 Å². The van der Waals surface area contributed by atoms with Crippen LogP contribution >= 0.6 is 0 Å². The Morgan fingerprint density at radius 3 is 2.54 bits per heavy atom. The van der Waals surface area contributed by atoms with Gasteiger partial charge in [-0.15, -0.1) is 0 Å². The van der Waals surface area contributed by atoms with Crippen molar-refractivity contribution in [3.8, 4) is 0 Å². The zero-order valence-corrected chi connectivity index (χ0v) is 16.4. The molecular weight excluding hydrogens is 352 g/mol. The monoisotopic (exact) mass is 380 g/mol. The van der Waals surface area contributed by atoms with Crippen LogP contribution in [-0.4, -0.2) is 25.0 Å². The number of anilines is 1. The summed E-state index contributed by atoms with van der Waals surface area (Å²) in [6.07, 6.45) is 2.84. The number of nitrogens with zero attached hydrogens (tertiary/aromatic N) is 1. The highest BCUT2D eigenvalue weighted by Crippen LogP contribution is 2.21. The van der Waals surface area contributed by atoms with Gasteiger partial charge >= 0.3 is 0 Å². The van der Waals surface area contributed by atoms with Gasteiger partial charge in [0.2, 0.25) is 11.8 Å². The van der Waals surface area contributed by atoms with Crippen molar-refractivity contribution in [3.05, 3.63) is 65.2 Å². The van der Waals surface area contributed by atoms with Crippen molar-refractivity contribution < 1.29 is 14.3 Å². The number of amides is 2. The van der Waals surface area contributed by atoms with E-state index in [1.165, 1.54) is 0 Å². The highest BCUT2D eigenvalue weighted by molar-refractivity contribution is 5.95. The van der Waals surface area contributed by atoms with E-state index in [9.17, 15) is 9.59 Å². The zero-order chi connectivity index (χ0) is 19.8. The highest BCUT2D eigenvalue weighted by Gasteiger charge is 2.21. The maximum absolute atomic E-state index is 12.3. The van der Waals surface area contributed by atoms with E-state index in [0.717, 1.165) is 48.4 Å². The molecule has 0 spiro atoms. The SMILES string of the molecule is CCCOCc1ccccc1CNC(=O)Cc1ccc(N2CCCC2=O)cc1. The molecule has 0 saturated carbocycles. The van der Waals surface area contributed by atoms with E-state index in [0.29, 0.717) is 26.0 Å². The molecule has 1 aliphatic rings. The number of carbonyl (C=O) groups is 2. The fourth-order valence-electron chi connectivity index (χ4n) is 3.35. The zero-order valence-electron chi connectivity index (χ0n) is 16.4. The molecule has 1 N–H and O–H groups in total. The quantitative estimate of drug-likeness (QED) is 0.676. The Bertz CT molecular complexity index is 802. The third-order valence-electron chi connectivity index (χ3n) is 4.89. The molecule has 1 heterocycles. The van der Waals surface area contributed by atoms with E-state index in [1.807, 2.05) is 48.5 Å². The van der Waals surface area contributed by atoms with Gasteiger partial charge in [-0.25, -0.2) is 0 Å². The lowest BCUT2D eigenvalue weighted by atomic mass is 10.1. The molecule has 148 valence electrons. The second-order valence-corrected chi connectivity index (χ2v) is 7.09. The van der Waals surface area contributed by atoms with E-state index in [2.05, 4.69) is 12.2 Å². The number of carbonyl (C=O) groups excluding carboxylic acids is 2. The van der Waals surface area contributed by atoms with E-state index in [1.54, 1.807) is 4.90 Å². The first-order valence-electron chi connectivity index (χ1n) is 9.98. The summed E-state index contributed by atoms with van der Waals surface area (Å²) in [5.41, 5.74) is 4.03. The second kappa shape index (κ2) is 10.0. The number of ether oxygens (including phenoxy) is 1. The summed E-state index contributed by atoms with van der Waals surface area (Å²) < 4.78 is 5.63. The van der Waals surface area contributed by atoms with Gasteiger partial charge in [-0.1, -0.05) is 43.3 Å². The lowest BCUT2D eigenvalue weighted by Crippen LogP contribution is -2.25. The van der Waals surface area contributed by atoms with Crippen LogP contribution in [0.15, 0.2) is 48.5 Å². The van der Waals surface area contributed by atoms with E-state index in [4.69, 9.17) is 4.74 Å². The molecule has 28 heavy (non-hydrogen) atoms. The minimum absolute atomic E-state index is 0.0192. The molecule has 1 saturated heterocycles. The lowest BCUT2D eigenvalue weighted by Gasteiger charge is -2.16. The Morgan fingerprint density at radius 1 is 1.11 bits per heavy atom. The van der Waals surface area contributed by atoms with Crippen LogP contribution in [0.25, 0.3) is 0 Å². The highest BCUT2D eigenvalue weighted by atomic mass is 16.5. The summed E-state index contributed by atoms with van der Waals surface area (Å²) in [5.74, 6) is 0.154. The Labute approximate surface area is 166 Å². The van der Waals surface area contributed by atoms with Crippen LogP contribution in [0, 0.1) is 0 Å². The van der Waals surface area contributed by atoms with Crippen LogP contribution in [0.1, 0.15) is 42.9 Å². The van der Waals surface area contributed by atoms with Gasteiger partial charge in [-0.3, -0.25) is 9.59 Å². The maximum Gasteiger partial charge on any atom is 0.227 e. The minimum atomic E-state index is -0.0192. The number of nitrogens with one attached hydrogen (secondary N) is 1. The van der Waals surface area contributed by atoms with Crippen LogP contribution in [0.2, 0.25) is 0 Å². The topological polar surface area (TPSA) is 58.6 Å². The molecule has 5 heteroatoms. The Balaban J connectivity index is 1.51. The maximum atomic E-state index is 12.3. The fourth-order valence-corrected chi connectivity index (χ4v) is 3.35. The summed E-state index contributed by atoms with van der Waals surface area (Å²) in [7, 11) is 0. The van der Waals surface area contributed by atoms with Gasteiger partial charge in [0, 0.05) is 31.8 Å². The van der Waals surface area contributed by atoms with E-state index in [-0.39, 0.29) is 11.8 Å². The van der Waals surface area contributed by atoms with Gasteiger partial charge in [-0.2, -0.15) is 0 Å². The van der Waals surface area contributed by atoms with Crippen LogP contribution in [0.4, 0.5) is 5.69 Å². The number of hydrogen-bond donors (Lipinski definition) is 1. The third-order valence-corrected chi connectivity index (χ3v) is 4.89. The fraction of sp³-hybridized carbons (Fsp3) is 0.391. The van der Waals surface area contributed by atoms with Gasteiger partial charge in [0.05, 0.1) is 13.0 Å². The van der Waals surface area contributed by atoms with Crippen LogP contribution in [-0.2, 0) is 33.9 Å². The molecule has 5 nitrogen and oxygen atoms in total. The van der Waals surface area contributed by atoms with Crippen molar-refractivity contribution in [2.24, 2.45) is 0 Å². The van der Waals surface area contributed by atoms with E-state index >= 15 is 0 Å². The second-order valence-electron chi connectivity index (χ2n) is 7.09. The largest absolute Gasteiger partial charge is 0.377 e. The Morgan fingerprint density at radius 2 is 1.86 bits per heavy atom. The Hall–Kier alpha value is -2.66. The molecule has 0 radical (unpaired) electrons. The van der Waals surface area contributed by atoms with Gasteiger partial charge in [0.25, 0.3) is 0 Å². The predicted molar refractivity (Wildman–Crippen MR) is 110 cm³/mol. The molecule has 2 aromatic carbocycles. The predicted octanol–water partition coefficient (Wildman–Crippen LogP) is 3.60. The van der Waals surface area contributed by atoms with Crippen LogP contribution in [0.3, 0.4) is 0 Å². The molecular formula is C23H28N2O3. The molecule has 0 unspecified atom stereocenters. The summed E-state index contributed by atoms with van der Waals surface area (Å²) >= 11 is 0. The molecule has 2 amide bonds. The lowest BCUT2D eigenvalue weighted by molar-refractivity contribution is -0.120. The van der Waals surface area contributed by atoms with Crippen LogP contribution in [0.5, 0.6) is 0 Å². The summed E-state index contributed by atoms with van der Waals surface area (Å²) in [4.78, 5) is 26.0. The Kier molecular flexibility index (Phi) is 7.20. The normalized spacial score (nSPS) is 13.8. The third kappa shape index (κ3) is 5.42. The van der Waals surface area contributed by atoms with Crippen molar-refractivity contribution in [2.45, 2.75) is 45.8 Å². The van der Waals surface area contributed by atoms with Crippen molar-refractivity contribution in [1.29, 1.82) is 0 Å². The number of hydrogen-bond acceptors (Lipinski definition) is 3. The van der Waals surface area contributed by atoms with Crippen LogP contribution < -0.4 is 10.2 Å². The van der Waals surface area contributed by atoms with Gasteiger partial charge in [0.15, 0.2) is 0 Å². The summed E-state index contributed by atoms with van der Waals surface area (Å²) in [5, 5.41) is 3.00. The van der Waals surface area contributed by atoms with E-state index < -0.39 is 0 Å². The first kappa shape index (κ1) is 20.1. The van der Waals surface area contributed by atoms with Gasteiger partial charge in [0.1, 0.15) is 0 Å². The minimum Gasteiger partial charge on any atom is -0.377 e. The van der Waals surface area contributed by atoms with Crippen molar-refractivity contribution in [2.75, 3.05) is 18.1 Å². The van der Waals surface area contributed by atoms with Crippen molar-refractivity contribution in [1.82, 2.24) is 5.32 Å². The molecule has 0 aromatic heterocycles. The standard InChI is InChI=1S/C23H28N2O3/c1-2-14-28-17-20-7-4-3-6-19(20)16-24-22(26)15-18-9-11-21(12-10-18)25-13-5-8-23(25)27/h3-4,6-7,9-12H,2,5,8,13-17H2,1H3,(H,24,26). The smallest absolute Gasteiger partial charge is 0.227 e. The molecule has 0 aliphatic carbocycles. The number of benzene rings is 2. The summed E-state index contributed by atoms with van der Waals surface area (Å²) in [6.45, 7) is 4.66. The van der Waals surface area contributed by atoms with Gasteiger partial charge < -0.3 is 15.0 Å². The first-order chi connectivity index (χ1) is 13.7. The molecule has 3 rings (SSSR count). The molecule has 1 aliphatic heterocycles. The molecule has 0 bridgehead atoms. The molecule has 1 fully saturated rings. The average molecular weight is 380 g/mol. The molecule has 0 atom stereocenters. The van der Waals surface area contributed by atoms with Crippen molar-refractivity contribution >= 4 is 17.5 Å².